The van der Waals surface area contributed by atoms with E-state index in [2.05, 4.69) is 129 Å². The van der Waals surface area contributed by atoms with Crippen molar-refractivity contribution in [2.45, 2.75) is 0 Å². The highest BCUT2D eigenvalue weighted by atomic mass is 15.0. The lowest BCUT2D eigenvalue weighted by Crippen LogP contribution is -1.99. The third kappa shape index (κ3) is 3.40. The highest BCUT2D eigenvalue weighted by molar-refractivity contribution is 6.14. The highest BCUT2D eigenvalue weighted by Gasteiger charge is 2.21. The van der Waals surface area contributed by atoms with Gasteiger partial charge < -0.3 is 9.13 Å². The minimum atomic E-state index is 0.512. The van der Waals surface area contributed by atoms with E-state index in [0.29, 0.717) is 11.3 Å². The molecule has 2 aromatic heterocycles. The molecule has 0 aliphatic rings. The minimum absolute atomic E-state index is 0.512. The molecule has 0 fully saturated rings. The van der Waals surface area contributed by atoms with E-state index in [4.69, 9.17) is 6.57 Å². The van der Waals surface area contributed by atoms with Gasteiger partial charge in [-0.3, -0.25) is 0 Å². The summed E-state index contributed by atoms with van der Waals surface area (Å²) in [6, 6.07) is 47.8. The lowest BCUT2D eigenvalue weighted by molar-refractivity contribution is 1.17. The molecular weight excluding hydrogens is 512 g/mol. The van der Waals surface area contributed by atoms with Gasteiger partial charge in [0.1, 0.15) is 0 Å². The van der Waals surface area contributed by atoms with Crippen LogP contribution in [0.15, 0.2) is 133 Å². The lowest BCUT2D eigenvalue weighted by atomic mass is 9.97. The van der Waals surface area contributed by atoms with Gasteiger partial charge >= 0.3 is 0 Å². The molecule has 4 heteroatoms. The molecule has 6 aromatic carbocycles. The summed E-state index contributed by atoms with van der Waals surface area (Å²) in [4.78, 5) is 3.90. The maximum Gasteiger partial charge on any atom is 0.195 e. The molecule has 0 atom stereocenters. The number of fused-ring (bicyclic) bond motifs is 6. The zero-order valence-corrected chi connectivity index (χ0v) is 22.5. The van der Waals surface area contributed by atoms with Gasteiger partial charge in [0.25, 0.3) is 0 Å². The Labute approximate surface area is 242 Å². The monoisotopic (exact) mass is 534 g/mol. The molecule has 8 rings (SSSR count). The Kier molecular flexibility index (Phi) is 5.22. The lowest BCUT2D eigenvalue weighted by Gasteiger charge is -2.17. The molecule has 0 unspecified atom stereocenters. The predicted molar refractivity (Wildman–Crippen MR) is 172 cm³/mol. The SMILES string of the molecule is [C-]#[N+]c1ccc(C#N)cc1-c1cc2c(cc1-n1c3ccccc3c3ccccc31)c1ccccc1n2-c1ccccc1. The van der Waals surface area contributed by atoms with Crippen LogP contribution in [0.1, 0.15) is 5.56 Å². The van der Waals surface area contributed by atoms with Gasteiger partial charge in [0.2, 0.25) is 0 Å². The molecule has 4 nitrogen and oxygen atoms in total. The van der Waals surface area contributed by atoms with Gasteiger partial charge in [0.15, 0.2) is 5.69 Å². The van der Waals surface area contributed by atoms with Crippen LogP contribution in [0, 0.1) is 17.9 Å². The normalized spacial score (nSPS) is 11.3. The molecule has 194 valence electrons. The van der Waals surface area contributed by atoms with Crippen LogP contribution in [-0.2, 0) is 0 Å². The standard InChI is InChI=1S/C38H22N4/c1-40-33-20-19-25(24-39)21-30(33)32-23-37-31(29-15-7-8-16-34(29)41(37)26-11-3-2-4-12-26)22-38(32)42-35-17-9-5-13-27(35)28-14-6-10-18-36(28)42/h2-23H. The summed E-state index contributed by atoms with van der Waals surface area (Å²) < 4.78 is 4.59. The van der Waals surface area contributed by atoms with E-state index in [-0.39, 0.29) is 0 Å². The van der Waals surface area contributed by atoms with Crippen LogP contribution < -0.4 is 0 Å². The second-order valence-corrected chi connectivity index (χ2v) is 10.4. The van der Waals surface area contributed by atoms with Crippen molar-refractivity contribution in [1.29, 1.82) is 5.26 Å². The summed E-state index contributed by atoms with van der Waals surface area (Å²) in [5.74, 6) is 0. The summed E-state index contributed by atoms with van der Waals surface area (Å²) in [6.45, 7) is 8.03. The zero-order chi connectivity index (χ0) is 28.2. The first-order valence-electron chi connectivity index (χ1n) is 13.8. The number of rotatable bonds is 3. The van der Waals surface area contributed by atoms with Gasteiger partial charge in [0.05, 0.1) is 46.0 Å². The predicted octanol–water partition coefficient (Wildman–Crippen LogP) is 9.97. The van der Waals surface area contributed by atoms with Crippen molar-refractivity contribution in [3.63, 3.8) is 0 Å². The van der Waals surface area contributed by atoms with Crippen molar-refractivity contribution >= 4 is 49.3 Å². The Morgan fingerprint density at radius 1 is 0.524 bits per heavy atom. The summed E-state index contributed by atoms with van der Waals surface area (Å²) >= 11 is 0. The van der Waals surface area contributed by atoms with Crippen molar-refractivity contribution in [3.8, 4) is 28.6 Å². The molecule has 0 saturated carbocycles. The van der Waals surface area contributed by atoms with E-state index in [1.165, 1.54) is 10.8 Å². The van der Waals surface area contributed by atoms with Gasteiger partial charge in [-0.25, -0.2) is 4.85 Å². The van der Waals surface area contributed by atoms with Crippen molar-refractivity contribution in [2.75, 3.05) is 0 Å². The third-order valence-corrected chi connectivity index (χ3v) is 8.16. The Morgan fingerprint density at radius 2 is 1.10 bits per heavy atom. The summed E-state index contributed by atoms with van der Waals surface area (Å²) in [6.07, 6.45) is 0. The van der Waals surface area contributed by atoms with Crippen molar-refractivity contribution < 1.29 is 0 Å². The minimum Gasteiger partial charge on any atom is -0.309 e. The maximum atomic E-state index is 9.83. The van der Waals surface area contributed by atoms with Crippen LogP contribution in [0.4, 0.5) is 5.69 Å². The van der Waals surface area contributed by atoms with Crippen LogP contribution in [0.25, 0.3) is 71.0 Å². The fourth-order valence-corrected chi connectivity index (χ4v) is 6.36. The average molecular weight is 535 g/mol. The van der Waals surface area contributed by atoms with Crippen LogP contribution in [0.5, 0.6) is 0 Å². The largest absolute Gasteiger partial charge is 0.309 e. The van der Waals surface area contributed by atoms with Crippen molar-refractivity contribution in [3.05, 3.63) is 150 Å². The fraction of sp³-hybridized carbons (Fsp3) is 0. The smallest absolute Gasteiger partial charge is 0.195 e. The Balaban J connectivity index is 1.60. The molecule has 0 bridgehead atoms. The van der Waals surface area contributed by atoms with Gasteiger partial charge in [-0.15, -0.1) is 0 Å². The Bertz CT molecular complexity index is 2380. The molecule has 0 spiro atoms. The number of nitriles is 1. The maximum absolute atomic E-state index is 9.83. The second kappa shape index (κ2) is 9.24. The fourth-order valence-electron chi connectivity index (χ4n) is 6.36. The van der Waals surface area contributed by atoms with Crippen molar-refractivity contribution in [1.82, 2.24) is 9.13 Å². The first-order chi connectivity index (χ1) is 20.8. The van der Waals surface area contributed by atoms with Crippen LogP contribution >= 0.6 is 0 Å². The molecule has 0 amide bonds. The average Bonchev–Trinajstić information content (AvgIpc) is 3.56. The highest BCUT2D eigenvalue weighted by Crippen LogP contribution is 2.43. The van der Waals surface area contributed by atoms with Crippen molar-refractivity contribution in [2.24, 2.45) is 0 Å². The first kappa shape index (κ1) is 23.8. The first-order valence-corrected chi connectivity index (χ1v) is 13.8. The molecule has 0 aliphatic carbocycles. The molecule has 0 aliphatic heterocycles. The molecule has 8 aromatic rings. The number of aromatic nitrogens is 2. The topological polar surface area (TPSA) is 38.0 Å². The van der Waals surface area contributed by atoms with E-state index in [0.717, 1.165) is 55.3 Å². The quantitative estimate of drug-likeness (QED) is 0.208. The van der Waals surface area contributed by atoms with E-state index in [1.54, 1.807) is 12.1 Å². The molecule has 2 heterocycles. The molecule has 42 heavy (non-hydrogen) atoms. The Morgan fingerprint density at radius 3 is 1.71 bits per heavy atom. The molecule has 0 radical (unpaired) electrons. The number of nitrogens with zero attached hydrogens (tertiary/aromatic N) is 4. The summed E-state index contributed by atoms with van der Waals surface area (Å²) in [5.41, 5.74) is 9.04. The van der Waals surface area contributed by atoms with Gasteiger partial charge in [-0.2, -0.15) is 5.26 Å². The molecule has 0 saturated heterocycles. The van der Waals surface area contributed by atoms with Gasteiger partial charge in [0, 0.05) is 27.2 Å². The third-order valence-electron chi connectivity index (χ3n) is 8.16. The van der Waals surface area contributed by atoms with Gasteiger partial charge in [-0.05, 0) is 59.7 Å². The second-order valence-electron chi connectivity index (χ2n) is 10.4. The Hall–Kier alpha value is -6.10. The van der Waals surface area contributed by atoms with E-state index in [9.17, 15) is 5.26 Å². The van der Waals surface area contributed by atoms with E-state index in [1.807, 2.05) is 12.1 Å². The zero-order valence-electron chi connectivity index (χ0n) is 22.5. The van der Waals surface area contributed by atoms with Crippen LogP contribution in [-0.4, -0.2) is 9.13 Å². The van der Waals surface area contributed by atoms with E-state index < -0.39 is 0 Å². The van der Waals surface area contributed by atoms with Gasteiger partial charge in [-0.1, -0.05) is 84.9 Å². The molecule has 0 N–H and O–H groups in total. The summed E-state index contributed by atoms with van der Waals surface area (Å²) in [5, 5.41) is 14.4. The molecular formula is C38H22N4. The van der Waals surface area contributed by atoms with E-state index >= 15 is 0 Å². The summed E-state index contributed by atoms with van der Waals surface area (Å²) in [7, 11) is 0. The number of hydrogen-bond donors (Lipinski definition) is 0. The number of para-hydroxylation sites is 4. The number of hydrogen-bond acceptors (Lipinski definition) is 1. The number of benzene rings is 6. The van der Waals surface area contributed by atoms with Crippen LogP contribution in [0.2, 0.25) is 0 Å². The van der Waals surface area contributed by atoms with Crippen LogP contribution in [0.3, 0.4) is 0 Å².